The Kier molecular flexibility index (Phi) is 9.23. The summed E-state index contributed by atoms with van der Waals surface area (Å²) in [5.74, 6) is 0.686. The number of benzene rings is 1. The lowest BCUT2D eigenvalue weighted by atomic mass is 10.1. The summed E-state index contributed by atoms with van der Waals surface area (Å²) >= 11 is 1.28. The molecule has 0 aromatic heterocycles. The van der Waals surface area contributed by atoms with Gasteiger partial charge in [-0.25, -0.2) is 0 Å². The molecule has 0 heterocycles. The molecular formula is C22H27F3N2O2S. The third-order valence-electron chi connectivity index (χ3n) is 4.33. The number of unbranched alkanes of at least 4 members (excludes halogenated alkanes) is 2. The molecular weight excluding hydrogens is 413 g/mol. The second-order valence-corrected chi connectivity index (χ2v) is 7.59. The number of thioether (sulfide) groups is 1. The first-order valence-electron chi connectivity index (χ1n) is 9.72. The van der Waals surface area contributed by atoms with Crippen LogP contribution in [0.4, 0.5) is 13.2 Å². The van der Waals surface area contributed by atoms with Gasteiger partial charge in [0.2, 0.25) is 0 Å². The number of hydrogen-bond acceptors (Lipinski definition) is 5. The lowest BCUT2D eigenvalue weighted by molar-refractivity contribution is -0.0942. The van der Waals surface area contributed by atoms with E-state index in [0.717, 1.165) is 25.3 Å². The van der Waals surface area contributed by atoms with Crippen LogP contribution >= 0.6 is 11.8 Å². The highest BCUT2D eigenvalue weighted by Crippen LogP contribution is 2.33. The molecule has 0 unspecified atom stereocenters. The van der Waals surface area contributed by atoms with Gasteiger partial charge in [-0.15, -0.1) is 11.8 Å². The average molecular weight is 441 g/mol. The highest BCUT2D eigenvalue weighted by Gasteiger charge is 2.34. The van der Waals surface area contributed by atoms with E-state index >= 15 is 0 Å². The summed E-state index contributed by atoms with van der Waals surface area (Å²) in [5.41, 5.74) is 6.53. The van der Waals surface area contributed by atoms with Crippen LogP contribution in [0, 0.1) is 0 Å². The van der Waals surface area contributed by atoms with E-state index in [4.69, 9.17) is 10.5 Å². The number of para-hydroxylation sites is 1. The first-order valence-corrected chi connectivity index (χ1v) is 10.8. The fraction of sp³-hybridized carbons (Fsp3) is 0.364. The zero-order valence-electron chi connectivity index (χ0n) is 16.8. The fourth-order valence-electron chi connectivity index (χ4n) is 2.70. The van der Waals surface area contributed by atoms with Crippen LogP contribution in [-0.4, -0.2) is 23.8 Å². The normalized spacial score (nSPS) is 15.1. The summed E-state index contributed by atoms with van der Waals surface area (Å²) < 4.78 is 45.7. The third-order valence-corrected chi connectivity index (χ3v) is 5.06. The Hall–Kier alpha value is -2.48. The second kappa shape index (κ2) is 11.6. The van der Waals surface area contributed by atoms with Crippen LogP contribution in [0.5, 0.6) is 5.75 Å². The van der Waals surface area contributed by atoms with Crippen LogP contribution in [0.3, 0.4) is 0 Å². The van der Waals surface area contributed by atoms with E-state index in [9.17, 15) is 18.3 Å². The van der Waals surface area contributed by atoms with E-state index in [-0.39, 0.29) is 12.2 Å². The fourth-order valence-corrected chi connectivity index (χ4v) is 3.34. The Balaban J connectivity index is 1.99. The van der Waals surface area contributed by atoms with Crippen molar-refractivity contribution in [2.24, 2.45) is 5.73 Å². The molecule has 30 heavy (non-hydrogen) atoms. The van der Waals surface area contributed by atoms with Crippen LogP contribution in [0.1, 0.15) is 38.2 Å². The highest BCUT2D eigenvalue weighted by molar-refractivity contribution is 8.02. The summed E-state index contributed by atoms with van der Waals surface area (Å²) in [6, 6.07) is 6.67. The molecule has 2 rings (SSSR count). The SMILES string of the molecule is CCCCCOC1=CC=C(NCS/C=C(\N)c2ccccc2O)C=C(C(F)(F)F)C1. The quantitative estimate of drug-likeness (QED) is 0.317. The molecule has 0 spiro atoms. The number of aromatic hydroxyl groups is 1. The number of alkyl halides is 3. The summed E-state index contributed by atoms with van der Waals surface area (Å²) in [5, 5.41) is 14.4. The predicted molar refractivity (Wildman–Crippen MR) is 116 cm³/mol. The van der Waals surface area contributed by atoms with Crippen molar-refractivity contribution in [2.75, 3.05) is 12.5 Å². The number of phenolic OH excluding ortho intramolecular Hbond substituents is 1. The zero-order valence-corrected chi connectivity index (χ0v) is 17.7. The van der Waals surface area contributed by atoms with E-state index in [1.165, 1.54) is 17.8 Å². The van der Waals surface area contributed by atoms with Crippen molar-refractivity contribution < 1.29 is 23.0 Å². The molecule has 4 N–H and O–H groups in total. The van der Waals surface area contributed by atoms with Crippen LogP contribution < -0.4 is 11.1 Å². The van der Waals surface area contributed by atoms with Crippen molar-refractivity contribution in [1.29, 1.82) is 0 Å². The van der Waals surface area contributed by atoms with Gasteiger partial charge in [0.1, 0.15) is 11.5 Å². The molecule has 0 atom stereocenters. The molecule has 1 aliphatic rings. The lowest BCUT2D eigenvalue weighted by Crippen LogP contribution is -2.16. The highest BCUT2D eigenvalue weighted by atomic mass is 32.2. The number of rotatable bonds is 10. The minimum atomic E-state index is -4.43. The van der Waals surface area contributed by atoms with Crippen molar-refractivity contribution in [3.05, 3.63) is 70.5 Å². The summed E-state index contributed by atoms with van der Waals surface area (Å²) in [7, 11) is 0. The molecule has 0 saturated carbocycles. The molecule has 164 valence electrons. The van der Waals surface area contributed by atoms with Gasteiger partial charge in [-0.3, -0.25) is 0 Å². The van der Waals surface area contributed by atoms with E-state index in [2.05, 4.69) is 12.2 Å². The van der Waals surface area contributed by atoms with Gasteiger partial charge in [0, 0.05) is 29.0 Å². The van der Waals surface area contributed by atoms with Gasteiger partial charge in [0.15, 0.2) is 0 Å². The van der Waals surface area contributed by atoms with Crippen molar-refractivity contribution in [1.82, 2.24) is 5.32 Å². The average Bonchev–Trinajstić information content (AvgIpc) is 2.91. The number of allylic oxidation sites excluding steroid dienone is 4. The summed E-state index contributed by atoms with van der Waals surface area (Å²) in [6.07, 6.45) is 2.37. The number of ether oxygens (including phenoxy) is 1. The number of nitrogens with two attached hydrogens (primary N) is 1. The van der Waals surface area contributed by atoms with Gasteiger partial charge >= 0.3 is 6.18 Å². The molecule has 8 heteroatoms. The number of halogens is 3. The minimum absolute atomic E-state index is 0.0700. The smallest absolute Gasteiger partial charge is 0.413 e. The molecule has 0 fully saturated rings. The first-order chi connectivity index (χ1) is 14.3. The maximum atomic E-state index is 13.4. The Labute approximate surface area is 179 Å². The van der Waals surface area contributed by atoms with E-state index in [1.807, 2.05) is 0 Å². The second-order valence-electron chi connectivity index (χ2n) is 6.73. The molecule has 0 bridgehead atoms. The van der Waals surface area contributed by atoms with Crippen LogP contribution in [-0.2, 0) is 4.74 Å². The van der Waals surface area contributed by atoms with E-state index in [0.29, 0.717) is 35.2 Å². The number of phenols is 1. The van der Waals surface area contributed by atoms with Gasteiger partial charge in [-0.05, 0) is 42.2 Å². The molecule has 0 aliphatic heterocycles. The Bertz CT molecular complexity index is 830. The third kappa shape index (κ3) is 7.74. The first kappa shape index (κ1) is 23.8. The van der Waals surface area contributed by atoms with Crippen LogP contribution in [0.25, 0.3) is 5.70 Å². The largest absolute Gasteiger partial charge is 0.507 e. The van der Waals surface area contributed by atoms with Gasteiger partial charge in [0.25, 0.3) is 0 Å². The van der Waals surface area contributed by atoms with E-state index in [1.54, 1.807) is 35.8 Å². The molecule has 0 saturated heterocycles. The number of hydrogen-bond donors (Lipinski definition) is 3. The van der Waals surface area contributed by atoms with Gasteiger partial charge in [-0.1, -0.05) is 31.9 Å². The zero-order chi connectivity index (χ0) is 22.0. The van der Waals surface area contributed by atoms with Crippen LogP contribution in [0.15, 0.2) is 64.9 Å². The summed E-state index contributed by atoms with van der Waals surface area (Å²) in [4.78, 5) is 0. The maximum absolute atomic E-state index is 13.4. The molecule has 4 nitrogen and oxygen atoms in total. The minimum Gasteiger partial charge on any atom is -0.507 e. The molecule has 0 amide bonds. The molecule has 1 aliphatic carbocycles. The summed E-state index contributed by atoms with van der Waals surface area (Å²) in [6.45, 7) is 2.47. The Morgan fingerprint density at radius 2 is 2.03 bits per heavy atom. The van der Waals surface area contributed by atoms with E-state index < -0.39 is 11.7 Å². The van der Waals surface area contributed by atoms with Gasteiger partial charge in [-0.2, -0.15) is 13.2 Å². The topological polar surface area (TPSA) is 67.5 Å². The van der Waals surface area contributed by atoms with Crippen molar-refractivity contribution >= 4 is 17.5 Å². The molecule has 1 aromatic carbocycles. The van der Waals surface area contributed by atoms with Gasteiger partial charge < -0.3 is 20.9 Å². The Morgan fingerprint density at radius 1 is 1.27 bits per heavy atom. The maximum Gasteiger partial charge on any atom is 0.413 e. The molecule has 0 radical (unpaired) electrons. The van der Waals surface area contributed by atoms with Crippen molar-refractivity contribution in [2.45, 2.75) is 38.8 Å². The Morgan fingerprint density at radius 3 is 2.73 bits per heavy atom. The predicted octanol–water partition coefficient (Wildman–Crippen LogP) is 5.80. The monoisotopic (exact) mass is 440 g/mol. The molecule has 1 aromatic rings. The van der Waals surface area contributed by atoms with Gasteiger partial charge in [0.05, 0.1) is 12.5 Å². The van der Waals surface area contributed by atoms with Crippen molar-refractivity contribution in [3.63, 3.8) is 0 Å². The standard InChI is InChI=1S/C22H27F3N2O2S/c1-2-3-6-11-29-18-10-9-17(12-16(13-18)22(23,24)25)27-15-30-14-20(26)19-7-4-5-8-21(19)28/h4-5,7-10,12,14,27-28H,2-3,6,11,13,15,26H2,1H3/b20-14-. The number of nitrogens with one attached hydrogen (secondary N) is 1. The lowest BCUT2D eigenvalue weighted by Gasteiger charge is -2.14. The van der Waals surface area contributed by atoms with Crippen LogP contribution in [0.2, 0.25) is 0 Å². The van der Waals surface area contributed by atoms with Crippen molar-refractivity contribution in [3.8, 4) is 5.75 Å².